The van der Waals surface area contributed by atoms with Crippen LogP contribution in [-0.2, 0) is 5.88 Å². The van der Waals surface area contributed by atoms with Gasteiger partial charge in [-0.2, -0.15) is 4.98 Å². The molecule has 3 nitrogen and oxygen atoms in total. The van der Waals surface area contributed by atoms with E-state index in [1.54, 1.807) is 0 Å². The van der Waals surface area contributed by atoms with E-state index >= 15 is 0 Å². The fourth-order valence-electron chi connectivity index (χ4n) is 1.82. The van der Waals surface area contributed by atoms with Gasteiger partial charge >= 0.3 is 0 Å². The second kappa shape index (κ2) is 4.42. The van der Waals surface area contributed by atoms with Gasteiger partial charge in [0.2, 0.25) is 5.89 Å². The van der Waals surface area contributed by atoms with Crippen LogP contribution in [0, 0.1) is 6.92 Å². The summed E-state index contributed by atoms with van der Waals surface area (Å²) in [5.74, 6) is 1.06. The van der Waals surface area contributed by atoms with Crippen molar-refractivity contribution in [3.63, 3.8) is 0 Å². The zero-order valence-corrected chi connectivity index (χ0v) is 10.6. The first-order valence-corrected chi connectivity index (χ1v) is 6.19. The molecule has 4 heteroatoms. The van der Waals surface area contributed by atoms with Crippen LogP contribution < -0.4 is 0 Å². The third-order valence-corrected chi connectivity index (χ3v) is 3.03. The van der Waals surface area contributed by atoms with E-state index in [2.05, 4.69) is 9.97 Å². The summed E-state index contributed by atoms with van der Waals surface area (Å²) in [6.07, 6.45) is 0. The minimum atomic E-state index is 0.478. The third kappa shape index (κ3) is 1.97. The molecule has 0 spiro atoms. The molecular weight excluding hydrogens is 248 g/mol. The molecule has 0 N–H and O–H groups in total. The van der Waals surface area contributed by atoms with Gasteiger partial charge in [-0.15, -0.1) is 11.6 Å². The molecular formula is C14H11ClN2O. The van der Waals surface area contributed by atoms with E-state index in [-0.39, 0.29) is 0 Å². The molecule has 0 unspecified atom stereocenters. The predicted octanol–water partition coefficient (Wildman–Crippen LogP) is 3.94. The number of alkyl halides is 1. The van der Waals surface area contributed by atoms with Crippen molar-refractivity contribution in [2.24, 2.45) is 0 Å². The van der Waals surface area contributed by atoms with Crippen molar-refractivity contribution < 1.29 is 4.42 Å². The Morgan fingerprint density at radius 1 is 1.17 bits per heavy atom. The first-order chi connectivity index (χ1) is 8.76. The van der Waals surface area contributed by atoms with Gasteiger partial charge in [-0.05, 0) is 36.8 Å². The average Bonchev–Trinajstić information content (AvgIpc) is 2.81. The molecule has 0 aliphatic carbocycles. The van der Waals surface area contributed by atoms with Gasteiger partial charge in [0.15, 0.2) is 11.2 Å². The molecule has 2 heterocycles. The highest BCUT2D eigenvalue weighted by molar-refractivity contribution is 6.17. The number of nitrogens with zero attached hydrogens (tertiary/aromatic N) is 2. The minimum absolute atomic E-state index is 0.478. The molecule has 0 bridgehead atoms. The maximum Gasteiger partial charge on any atom is 0.228 e. The van der Waals surface area contributed by atoms with Gasteiger partial charge in [-0.1, -0.05) is 12.1 Å². The Bertz CT molecular complexity index is 706. The monoisotopic (exact) mass is 258 g/mol. The van der Waals surface area contributed by atoms with E-state index in [0.717, 1.165) is 16.8 Å². The van der Waals surface area contributed by atoms with Crippen molar-refractivity contribution in [3.8, 4) is 11.5 Å². The van der Waals surface area contributed by atoms with Crippen molar-refractivity contribution in [3.05, 3.63) is 47.7 Å². The van der Waals surface area contributed by atoms with Gasteiger partial charge in [0, 0.05) is 17.1 Å². The summed E-state index contributed by atoms with van der Waals surface area (Å²) in [5.41, 5.74) is 4.23. The Morgan fingerprint density at radius 2 is 2.06 bits per heavy atom. The summed E-state index contributed by atoms with van der Waals surface area (Å²) in [6.45, 7) is 1.93. The molecule has 3 aromatic rings. The van der Waals surface area contributed by atoms with Gasteiger partial charge in [0.1, 0.15) is 0 Å². The number of rotatable bonds is 2. The summed E-state index contributed by atoms with van der Waals surface area (Å²) in [7, 11) is 0. The Kier molecular flexibility index (Phi) is 2.76. The van der Waals surface area contributed by atoms with Crippen LogP contribution in [0.1, 0.15) is 11.3 Å². The first kappa shape index (κ1) is 11.2. The molecule has 1 aromatic carbocycles. The lowest BCUT2D eigenvalue weighted by atomic mass is 10.1. The topological polar surface area (TPSA) is 38.9 Å². The molecule has 18 heavy (non-hydrogen) atoms. The number of hydrogen-bond acceptors (Lipinski definition) is 3. The molecule has 0 radical (unpaired) electrons. The van der Waals surface area contributed by atoms with Crippen molar-refractivity contribution in [2.45, 2.75) is 12.8 Å². The summed E-state index contributed by atoms with van der Waals surface area (Å²) in [6, 6.07) is 11.6. The average molecular weight is 259 g/mol. The maximum atomic E-state index is 5.82. The lowest BCUT2D eigenvalue weighted by Crippen LogP contribution is -1.82. The number of halogens is 1. The van der Waals surface area contributed by atoms with Gasteiger partial charge in [0.25, 0.3) is 0 Å². The zero-order valence-electron chi connectivity index (χ0n) is 9.85. The minimum Gasteiger partial charge on any atom is -0.434 e. The van der Waals surface area contributed by atoms with Crippen LogP contribution in [-0.4, -0.2) is 9.97 Å². The fourth-order valence-corrected chi connectivity index (χ4v) is 1.99. The molecule has 3 rings (SSSR count). The molecule has 0 amide bonds. The Hall–Kier alpha value is -1.87. The van der Waals surface area contributed by atoms with Gasteiger partial charge in [0.05, 0.1) is 0 Å². The lowest BCUT2D eigenvalue weighted by Gasteiger charge is -1.97. The summed E-state index contributed by atoms with van der Waals surface area (Å²) < 4.78 is 5.69. The highest BCUT2D eigenvalue weighted by Gasteiger charge is 2.09. The van der Waals surface area contributed by atoms with Gasteiger partial charge < -0.3 is 4.42 Å². The molecule has 0 aliphatic heterocycles. The quantitative estimate of drug-likeness (QED) is 0.654. The summed E-state index contributed by atoms with van der Waals surface area (Å²) in [5, 5.41) is 0. The van der Waals surface area contributed by atoms with Crippen molar-refractivity contribution >= 4 is 22.8 Å². The second-order valence-electron chi connectivity index (χ2n) is 4.13. The van der Waals surface area contributed by atoms with Gasteiger partial charge in [-0.3, -0.25) is 0 Å². The van der Waals surface area contributed by atoms with Crippen LogP contribution in [0.2, 0.25) is 0 Å². The highest BCUT2D eigenvalue weighted by Crippen LogP contribution is 2.24. The van der Waals surface area contributed by atoms with E-state index in [1.165, 1.54) is 0 Å². The molecule has 90 valence electrons. The third-order valence-electron chi connectivity index (χ3n) is 2.72. The van der Waals surface area contributed by atoms with Crippen molar-refractivity contribution in [1.29, 1.82) is 0 Å². The Labute approximate surface area is 109 Å². The van der Waals surface area contributed by atoms with Crippen molar-refractivity contribution in [1.82, 2.24) is 9.97 Å². The molecule has 0 atom stereocenters. The SMILES string of the molecule is Cc1ccc2oc(-c3cccc(CCl)c3)nc2n1. The number of aromatic nitrogens is 2. The van der Waals surface area contributed by atoms with Crippen LogP contribution in [0.4, 0.5) is 0 Å². The van der Waals surface area contributed by atoms with Crippen LogP contribution in [0.15, 0.2) is 40.8 Å². The normalized spacial score (nSPS) is 11.0. The highest BCUT2D eigenvalue weighted by atomic mass is 35.5. The van der Waals surface area contributed by atoms with Crippen LogP contribution in [0.25, 0.3) is 22.7 Å². The number of hydrogen-bond donors (Lipinski definition) is 0. The van der Waals surface area contributed by atoms with E-state index < -0.39 is 0 Å². The van der Waals surface area contributed by atoms with E-state index in [4.69, 9.17) is 16.0 Å². The van der Waals surface area contributed by atoms with E-state index in [9.17, 15) is 0 Å². The molecule has 0 saturated carbocycles. The van der Waals surface area contributed by atoms with Gasteiger partial charge in [-0.25, -0.2) is 4.98 Å². The molecule has 0 aliphatic rings. The zero-order chi connectivity index (χ0) is 12.5. The van der Waals surface area contributed by atoms with Crippen LogP contribution >= 0.6 is 11.6 Å². The van der Waals surface area contributed by atoms with Crippen LogP contribution in [0.3, 0.4) is 0 Å². The van der Waals surface area contributed by atoms with E-state index in [1.807, 2.05) is 43.3 Å². The Balaban J connectivity index is 2.13. The second-order valence-corrected chi connectivity index (χ2v) is 4.39. The number of aryl methyl sites for hydroxylation is 1. The number of benzene rings is 1. The maximum absolute atomic E-state index is 5.82. The molecule has 2 aromatic heterocycles. The van der Waals surface area contributed by atoms with E-state index in [0.29, 0.717) is 23.0 Å². The summed E-state index contributed by atoms with van der Waals surface area (Å²) >= 11 is 5.82. The standard InChI is InChI=1S/C14H11ClN2O/c1-9-5-6-12-13(16-9)17-14(18-12)11-4-2-3-10(7-11)8-15/h2-7H,8H2,1H3. The van der Waals surface area contributed by atoms with Crippen molar-refractivity contribution in [2.75, 3.05) is 0 Å². The number of oxazole rings is 1. The first-order valence-electron chi connectivity index (χ1n) is 5.66. The molecule has 0 fully saturated rings. The number of pyridine rings is 1. The fraction of sp³-hybridized carbons (Fsp3) is 0.143. The smallest absolute Gasteiger partial charge is 0.228 e. The molecule has 0 saturated heterocycles. The predicted molar refractivity (Wildman–Crippen MR) is 71.5 cm³/mol. The lowest BCUT2D eigenvalue weighted by molar-refractivity contribution is 0.619. The largest absolute Gasteiger partial charge is 0.434 e. The van der Waals surface area contributed by atoms with Crippen LogP contribution in [0.5, 0.6) is 0 Å². The number of fused-ring (bicyclic) bond motifs is 1. The Morgan fingerprint density at radius 3 is 2.89 bits per heavy atom. The summed E-state index contributed by atoms with van der Waals surface area (Å²) in [4.78, 5) is 8.73.